The summed E-state index contributed by atoms with van der Waals surface area (Å²) in [6.07, 6.45) is -1.42. The number of nitrogens with zero attached hydrogens (tertiary/aromatic N) is 1. The number of ether oxygens (including phenoxy) is 1. The van der Waals surface area contributed by atoms with Gasteiger partial charge in [0.25, 0.3) is 5.69 Å². The Morgan fingerprint density at radius 1 is 1.24 bits per heavy atom. The molecule has 21 heavy (non-hydrogen) atoms. The van der Waals surface area contributed by atoms with Crippen molar-refractivity contribution in [2.45, 2.75) is 6.10 Å². The molecule has 108 valence electrons. The molecule has 0 fully saturated rings. The number of carbonyl (C=O) groups is 1. The minimum absolute atomic E-state index is 0.126. The van der Waals surface area contributed by atoms with Crippen molar-refractivity contribution in [1.29, 1.82) is 0 Å². The Morgan fingerprint density at radius 3 is 2.48 bits per heavy atom. The van der Waals surface area contributed by atoms with Crippen LogP contribution in [-0.2, 0) is 4.79 Å². The third-order valence-corrected chi connectivity index (χ3v) is 2.68. The lowest BCUT2D eigenvalue weighted by molar-refractivity contribution is -0.385. The summed E-state index contributed by atoms with van der Waals surface area (Å²) in [4.78, 5) is 21.4. The van der Waals surface area contributed by atoms with Gasteiger partial charge in [0.1, 0.15) is 11.6 Å². The lowest BCUT2D eigenvalue weighted by atomic mass is 10.1. The van der Waals surface area contributed by atoms with E-state index < -0.39 is 22.8 Å². The van der Waals surface area contributed by atoms with Crippen LogP contribution < -0.4 is 4.74 Å². The highest BCUT2D eigenvalue weighted by molar-refractivity contribution is 5.75. The molecule has 0 aliphatic rings. The minimum atomic E-state index is -1.42. The molecule has 0 saturated heterocycles. The van der Waals surface area contributed by atoms with Crippen LogP contribution in [-0.4, -0.2) is 16.0 Å². The number of nitro groups is 1. The monoisotopic (exact) mass is 291 g/mol. The van der Waals surface area contributed by atoms with Crippen LogP contribution in [0.25, 0.3) is 0 Å². The molecule has 0 radical (unpaired) electrons. The van der Waals surface area contributed by atoms with E-state index in [1.165, 1.54) is 30.3 Å². The van der Waals surface area contributed by atoms with Crippen LogP contribution in [0.15, 0.2) is 48.5 Å². The number of nitro benzene ring substituents is 1. The number of halogens is 1. The van der Waals surface area contributed by atoms with Gasteiger partial charge < -0.3 is 9.84 Å². The van der Waals surface area contributed by atoms with Crippen LogP contribution in [0.2, 0.25) is 0 Å². The zero-order chi connectivity index (χ0) is 15.4. The standard InChI is InChI=1S/C14H10FNO5/c15-10-4-6-12(7-5-10)21-13(14(17)18)9-2-1-3-11(8-9)16(19)20/h1-8,13H,(H,17,18). The first-order chi connectivity index (χ1) is 9.97. The van der Waals surface area contributed by atoms with Gasteiger partial charge in [-0.15, -0.1) is 0 Å². The van der Waals surface area contributed by atoms with Gasteiger partial charge in [-0.05, 0) is 24.3 Å². The lowest BCUT2D eigenvalue weighted by Gasteiger charge is -2.15. The molecule has 2 aromatic rings. The number of non-ortho nitro benzene ring substituents is 1. The summed E-state index contributed by atoms with van der Waals surface area (Å²) in [5.41, 5.74) is -0.109. The van der Waals surface area contributed by atoms with Crippen LogP contribution in [0.5, 0.6) is 5.75 Å². The molecule has 1 N–H and O–H groups in total. The van der Waals surface area contributed by atoms with Crippen molar-refractivity contribution in [2.75, 3.05) is 0 Å². The highest BCUT2D eigenvalue weighted by Gasteiger charge is 2.23. The van der Waals surface area contributed by atoms with Gasteiger partial charge in [0, 0.05) is 17.7 Å². The quantitative estimate of drug-likeness (QED) is 0.675. The maximum absolute atomic E-state index is 12.8. The molecule has 0 spiro atoms. The number of hydrogen-bond acceptors (Lipinski definition) is 4. The zero-order valence-electron chi connectivity index (χ0n) is 10.6. The largest absolute Gasteiger partial charge is 0.478 e. The summed E-state index contributed by atoms with van der Waals surface area (Å²) in [5, 5.41) is 19.9. The molecule has 0 amide bonds. The molecule has 6 nitrogen and oxygen atoms in total. The first-order valence-corrected chi connectivity index (χ1v) is 5.87. The molecule has 2 aromatic carbocycles. The number of rotatable bonds is 5. The molecule has 7 heteroatoms. The highest BCUT2D eigenvalue weighted by atomic mass is 19.1. The van der Waals surface area contributed by atoms with Gasteiger partial charge in [0.15, 0.2) is 0 Å². The highest BCUT2D eigenvalue weighted by Crippen LogP contribution is 2.25. The van der Waals surface area contributed by atoms with E-state index in [4.69, 9.17) is 4.74 Å². The molecular formula is C14H10FNO5. The smallest absolute Gasteiger partial charge is 0.349 e. The summed E-state index contributed by atoms with van der Waals surface area (Å²) in [5.74, 6) is -1.64. The molecule has 0 heterocycles. The van der Waals surface area contributed by atoms with Crippen LogP contribution >= 0.6 is 0 Å². The van der Waals surface area contributed by atoms with Gasteiger partial charge in [0.2, 0.25) is 6.10 Å². The fourth-order valence-corrected chi connectivity index (χ4v) is 1.71. The number of benzene rings is 2. The normalized spacial score (nSPS) is 11.7. The van der Waals surface area contributed by atoms with E-state index in [1.54, 1.807) is 0 Å². The van der Waals surface area contributed by atoms with Crippen LogP contribution in [0.3, 0.4) is 0 Å². The molecule has 1 unspecified atom stereocenters. The molecule has 0 aromatic heterocycles. The van der Waals surface area contributed by atoms with Crippen molar-refractivity contribution >= 4 is 11.7 Å². The average Bonchev–Trinajstić information content (AvgIpc) is 2.46. The number of carboxylic acid groups (broad SMARTS) is 1. The Hall–Kier alpha value is -2.96. The molecule has 1 atom stereocenters. The van der Waals surface area contributed by atoms with Crippen LogP contribution in [0.4, 0.5) is 10.1 Å². The van der Waals surface area contributed by atoms with E-state index in [-0.39, 0.29) is 17.0 Å². The van der Waals surface area contributed by atoms with Gasteiger partial charge >= 0.3 is 5.97 Å². The SMILES string of the molecule is O=C(O)C(Oc1ccc(F)cc1)c1cccc([N+](=O)[O-])c1. The Morgan fingerprint density at radius 2 is 1.90 bits per heavy atom. The maximum atomic E-state index is 12.8. The second kappa shape index (κ2) is 6.00. The van der Waals surface area contributed by atoms with E-state index in [0.717, 1.165) is 18.2 Å². The van der Waals surface area contributed by atoms with Crippen LogP contribution in [0.1, 0.15) is 11.7 Å². The van der Waals surface area contributed by atoms with Gasteiger partial charge in [-0.1, -0.05) is 12.1 Å². The van der Waals surface area contributed by atoms with Crippen molar-refractivity contribution in [3.8, 4) is 5.75 Å². The average molecular weight is 291 g/mol. The Balaban J connectivity index is 2.31. The molecule has 0 aliphatic heterocycles. The maximum Gasteiger partial charge on any atom is 0.349 e. The number of carboxylic acids is 1. The second-order valence-corrected chi connectivity index (χ2v) is 4.14. The van der Waals surface area contributed by atoms with Crippen molar-refractivity contribution in [2.24, 2.45) is 0 Å². The second-order valence-electron chi connectivity index (χ2n) is 4.14. The Bertz CT molecular complexity index is 671. The summed E-state index contributed by atoms with van der Waals surface area (Å²) >= 11 is 0. The van der Waals surface area contributed by atoms with Crippen molar-refractivity contribution < 1.29 is 24.0 Å². The fraction of sp³-hybridized carbons (Fsp3) is 0.0714. The van der Waals surface area contributed by atoms with Gasteiger partial charge in [-0.3, -0.25) is 10.1 Å². The lowest BCUT2D eigenvalue weighted by Crippen LogP contribution is -2.18. The number of hydrogen-bond donors (Lipinski definition) is 1. The Kier molecular flexibility index (Phi) is 4.13. The third kappa shape index (κ3) is 3.53. The zero-order valence-corrected chi connectivity index (χ0v) is 10.6. The summed E-state index contributed by atoms with van der Waals surface area (Å²) < 4.78 is 18.1. The Labute approximate surface area is 118 Å². The first kappa shape index (κ1) is 14.4. The van der Waals surface area contributed by atoms with E-state index >= 15 is 0 Å². The molecule has 0 saturated carbocycles. The summed E-state index contributed by atoms with van der Waals surface area (Å²) in [7, 11) is 0. The van der Waals surface area contributed by atoms with E-state index in [0.29, 0.717) is 0 Å². The molecular weight excluding hydrogens is 281 g/mol. The fourth-order valence-electron chi connectivity index (χ4n) is 1.71. The van der Waals surface area contributed by atoms with Crippen molar-refractivity contribution in [3.63, 3.8) is 0 Å². The van der Waals surface area contributed by atoms with E-state index in [2.05, 4.69) is 0 Å². The van der Waals surface area contributed by atoms with Crippen molar-refractivity contribution in [1.82, 2.24) is 0 Å². The van der Waals surface area contributed by atoms with E-state index in [9.17, 15) is 24.4 Å². The van der Waals surface area contributed by atoms with Gasteiger partial charge in [0.05, 0.1) is 4.92 Å². The predicted molar refractivity (Wildman–Crippen MR) is 70.5 cm³/mol. The van der Waals surface area contributed by atoms with E-state index in [1.807, 2.05) is 0 Å². The van der Waals surface area contributed by atoms with Crippen molar-refractivity contribution in [3.05, 3.63) is 70.0 Å². The first-order valence-electron chi connectivity index (χ1n) is 5.87. The summed E-state index contributed by atoms with van der Waals surface area (Å²) in [6, 6.07) is 9.98. The minimum Gasteiger partial charge on any atom is -0.478 e. The third-order valence-electron chi connectivity index (χ3n) is 2.68. The van der Waals surface area contributed by atoms with Crippen LogP contribution in [0, 0.1) is 15.9 Å². The topological polar surface area (TPSA) is 89.7 Å². The molecule has 0 bridgehead atoms. The summed E-state index contributed by atoms with van der Waals surface area (Å²) in [6.45, 7) is 0. The predicted octanol–water partition coefficient (Wildman–Crippen LogP) is 2.94. The van der Waals surface area contributed by atoms with Gasteiger partial charge in [-0.25, -0.2) is 9.18 Å². The van der Waals surface area contributed by atoms with Gasteiger partial charge in [-0.2, -0.15) is 0 Å². The number of aliphatic carboxylic acids is 1. The molecule has 2 rings (SSSR count). The molecule has 0 aliphatic carbocycles.